The Hall–Kier alpha value is -5.01. The lowest BCUT2D eigenvalue weighted by Crippen LogP contribution is -2.47. The Balaban J connectivity index is 1.25. The van der Waals surface area contributed by atoms with Crippen molar-refractivity contribution in [2.45, 2.75) is 74.4 Å². The normalized spacial score (nSPS) is 25.8. The fraction of sp³-hybridized carbons (Fsp3) is 0.424. The number of amides is 1. The lowest BCUT2D eigenvalue weighted by Gasteiger charge is -2.26. The van der Waals surface area contributed by atoms with Crippen molar-refractivity contribution < 1.29 is 71.4 Å². The van der Waals surface area contributed by atoms with Crippen LogP contribution in [0.4, 0.5) is 11.6 Å². The first-order valence-electron chi connectivity index (χ1n) is 17.9. The first kappa shape index (κ1) is 44.5. The van der Waals surface area contributed by atoms with Crippen LogP contribution in [0.15, 0.2) is 72.7 Å². The second-order valence-corrected chi connectivity index (χ2v) is 16.0. The summed E-state index contributed by atoms with van der Waals surface area (Å²) >= 11 is 0. The largest absolute Gasteiger partial charge is 0.472 e. The summed E-state index contributed by atoms with van der Waals surface area (Å²) in [6, 6.07) is 8.53. The molecule has 2 saturated heterocycles. The van der Waals surface area contributed by atoms with Crippen LogP contribution in [0.1, 0.15) is 30.9 Å². The molecule has 0 bridgehead atoms. The number of aromatic nitrogens is 6. The van der Waals surface area contributed by atoms with Gasteiger partial charge in [0.2, 0.25) is 5.91 Å². The van der Waals surface area contributed by atoms with Crippen molar-refractivity contribution in [1.29, 1.82) is 0 Å². The number of phosphoric acid groups is 2. The van der Waals surface area contributed by atoms with E-state index in [9.17, 15) is 48.4 Å². The van der Waals surface area contributed by atoms with E-state index in [1.165, 1.54) is 23.0 Å². The number of nitrogens with one attached hydrogen (secondary N) is 1. The average molecular weight is 882 g/mol. The van der Waals surface area contributed by atoms with Gasteiger partial charge in [-0.05, 0) is 18.1 Å². The molecule has 0 radical (unpaired) electrons. The molecule has 4 aromatic rings. The number of nitrogens with two attached hydrogens (primary N) is 2. The number of carbonyl (C=O) groups excluding carboxylic acids is 2. The lowest BCUT2D eigenvalue weighted by atomic mass is 10.0. The van der Waals surface area contributed by atoms with Crippen LogP contribution in [-0.4, -0.2) is 122 Å². The maximum Gasteiger partial charge on any atom is 0.472 e. The van der Waals surface area contributed by atoms with Gasteiger partial charge in [0, 0.05) is 19.0 Å². The van der Waals surface area contributed by atoms with Crippen molar-refractivity contribution >= 4 is 50.3 Å². The molecule has 2 aliphatic rings. The molecule has 2 fully saturated rings. The van der Waals surface area contributed by atoms with Gasteiger partial charge >= 0.3 is 27.3 Å². The number of benzene rings is 1. The van der Waals surface area contributed by atoms with E-state index in [1.54, 1.807) is 30.3 Å². The number of hydrogen-bond donors (Lipinski definition) is 8. The maximum absolute atomic E-state index is 13.9. The number of rotatable bonds is 18. The van der Waals surface area contributed by atoms with Crippen LogP contribution in [0.3, 0.4) is 0 Å². The standard InChI is InChI=1S/C33H41N9O16P2/c1-2-3-9-22(43)39-18(12-17-7-5-4-6-8-17)32(46)57-26-19(55-31(24(26)44)42-16-38-23-28(35)36-15-37-29(23)42)14-54-60(51,52)58-27-20(13-53-59(48,49)50)56-30(25(27)45)41-11-10-21(34)40-33(41)47/h2,4-8,10-11,15-16,18-20,24-27,30-31,44-45H,1,3,9,12-14H2,(H,39,43)(H,51,52)(H2,34,40,47)(H2,35,36,37)(H2,48,49,50)/t18-,19+,20+,24+,25+,26+,27+,30+,31+/m0/s1. The number of aliphatic hydroxyl groups excluding tert-OH is 2. The molecule has 2 aliphatic heterocycles. The number of fused-ring (bicyclic) bond motifs is 1. The van der Waals surface area contributed by atoms with Gasteiger partial charge in [-0.3, -0.25) is 27.5 Å². The molecule has 1 amide bonds. The molecule has 0 aliphatic carbocycles. The molecule has 0 spiro atoms. The Kier molecular flexibility index (Phi) is 13.9. The first-order valence-corrected chi connectivity index (χ1v) is 20.9. The van der Waals surface area contributed by atoms with E-state index in [1.807, 2.05) is 0 Å². The van der Waals surface area contributed by atoms with E-state index in [2.05, 4.69) is 36.4 Å². The third kappa shape index (κ3) is 10.6. The molecule has 6 rings (SSSR count). The van der Waals surface area contributed by atoms with Gasteiger partial charge in [0.1, 0.15) is 54.2 Å². The number of carbonyl (C=O) groups is 2. The molecule has 3 aromatic heterocycles. The fourth-order valence-electron chi connectivity index (χ4n) is 6.40. The van der Waals surface area contributed by atoms with Crippen molar-refractivity contribution in [2.75, 3.05) is 24.7 Å². The predicted octanol–water partition coefficient (Wildman–Crippen LogP) is -1.02. The van der Waals surface area contributed by atoms with Crippen LogP contribution in [-0.2, 0) is 52.9 Å². The smallest absolute Gasteiger partial charge is 0.455 e. The number of anilines is 2. The summed E-state index contributed by atoms with van der Waals surface area (Å²) < 4.78 is 59.5. The summed E-state index contributed by atoms with van der Waals surface area (Å²) in [5.41, 5.74) is 11.3. The van der Waals surface area contributed by atoms with Crippen molar-refractivity contribution in [3.63, 3.8) is 0 Å². The van der Waals surface area contributed by atoms with Gasteiger partial charge in [0.25, 0.3) is 0 Å². The van der Waals surface area contributed by atoms with Gasteiger partial charge in [-0.15, -0.1) is 6.58 Å². The van der Waals surface area contributed by atoms with E-state index >= 15 is 0 Å². The molecule has 10 atom stereocenters. The Labute approximate surface area is 338 Å². The molecule has 25 nitrogen and oxygen atoms in total. The highest BCUT2D eigenvalue weighted by molar-refractivity contribution is 7.47. The average Bonchev–Trinajstić information content (AvgIpc) is 3.85. The van der Waals surface area contributed by atoms with Gasteiger partial charge in [-0.1, -0.05) is 36.4 Å². The van der Waals surface area contributed by atoms with Gasteiger partial charge < -0.3 is 55.9 Å². The van der Waals surface area contributed by atoms with Gasteiger partial charge in [-0.2, -0.15) is 4.98 Å². The number of aliphatic hydroxyl groups is 2. The fourth-order valence-corrected chi connectivity index (χ4v) is 7.71. The summed E-state index contributed by atoms with van der Waals surface area (Å²) in [4.78, 5) is 84.5. The Bertz CT molecular complexity index is 2330. The van der Waals surface area contributed by atoms with Crippen molar-refractivity contribution in [2.24, 2.45) is 0 Å². The number of allylic oxidation sites excluding steroid dienone is 1. The quantitative estimate of drug-likeness (QED) is 0.0337. The monoisotopic (exact) mass is 881 g/mol. The van der Waals surface area contributed by atoms with Crippen molar-refractivity contribution in [1.82, 2.24) is 34.4 Å². The van der Waals surface area contributed by atoms with Crippen LogP contribution in [0.5, 0.6) is 0 Å². The SMILES string of the molecule is C=CCCC(=O)N[C@@H](Cc1ccccc1)C(=O)O[C@H]1[C@@H](O)[C@H](n2cnc3c(N)ncnc32)O[C@@H]1COP(=O)(O)O[C@H]1[C@@H](O)[C@H](n2ccc(N)nc2=O)O[C@@H]1COP(=O)(O)O. The van der Waals surface area contributed by atoms with Gasteiger partial charge in [-0.25, -0.2) is 33.7 Å². The van der Waals surface area contributed by atoms with Crippen molar-refractivity contribution in [3.05, 3.63) is 84.0 Å². The molecule has 27 heteroatoms. The highest BCUT2D eigenvalue weighted by Crippen LogP contribution is 2.50. The number of nitrogens with zero attached hydrogens (tertiary/aromatic N) is 6. The summed E-state index contributed by atoms with van der Waals surface area (Å²) in [7, 11) is -10.6. The summed E-state index contributed by atoms with van der Waals surface area (Å²) in [6.07, 6.45) is -8.57. The highest BCUT2D eigenvalue weighted by Gasteiger charge is 2.52. The second kappa shape index (κ2) is 18.7. The third-order valence-corrected chi connectivity index (χ3v) is 10.7. The van der Waals surface area contributed by atoms with E-state index < -0.39 is 102 Å². The minimum Gasteiger partial charge on any atom is -0.455 e. The molecular formula is C33H41N9O16P2. The molecule has 10 N–H and O–H groups in total. The molecular weight excluding hydrogens is 840 g/mol. The van der Waals surface area contributed by atoms with Gasteiger partial charge in [0.05, 0.1) is 19.5 Å². The maximum atomic E-state index is 13.9. The van der Waals surface area contributed by atoms with Crippen LogP contribution in [0, 0.1) is 0 Å². The second-order valence-electron chi connectivity index (χ2n) is 13.4. The number of imidazole rings is 1. The van der Waals surface area contributed by atoms with E-state index in [-0.39, 0.29) is 35.6 Å². The van der Waals surface area contributed by atoms with Crippen LogP contribution >= 0.6 is 15.6 Å². The molecule has 0 saturated carbocycles. The number of phosphoric ester groups is 2. The topological polar surface area (TPSA) is 367 Å². The number of esters is 1. The number of nitrogen functional groups attached to an aromatic ring is 2. The highest BCUT2D eigenvalue weighted by atomic mass is 31.2. The zero-order chi connectivity index (χ0) is 43.4. The van der Waals surface area contributed by atoms with Crippen LogP contribution in [0.25, 0.3) is 11.2 Å². The summed E-state index contributed by atoms with van der Waals surface area (Å²) in [5, 5.41) is 25.4. The molecule has 5 heterocycles. The lowest BCUT2D eigenvalue weighted by molar-refractivity contribution is -0.160. The van der Waals surface area contributed by atoms with Crippen molar-refractivity contribution in [3.8, 4) is 0 Å². The van der Waals surface area contributed by atoms with Crippen LogP contribution in [0.2, 0.25) is 0 Å². The zero-order valence-electron chi connectivity index (χ0n) is 31.2. The third-order valence-electron chi connectivity index (χ3n) is 9.20. The minimum atomic E-state index is -5.41. The molecule has 60 heavy (non-hydrogen) atoms. The first-order chi connectivity index (χ1) is 28.4. The molecule has 1 unspecified atom stereocenters. The number of ether oxygens (including phenoxy) is 3. The van der Waals surface area contributed by atoms with E-state index in [0.29, 0.717) is 12.0 Å². The molecule has 1 aromatic carbocycles. The van der Waals surface area contributed by atoms with E-state index in [4.69, 9.17) is 34.7 Å². The molecule has 324 valence electrons. The van der Waals surface area contributed by atoms with Crippen LogP contribution < -0.4 is 22.5 Å². The van der Waals surface area contributed by atoms with Gasteiger partial charge in [0.15, 0.2) is 30.0 Å². The summed E-state index contributed by atoms with van der Waals surface area (Å²) in [5.74, 6) is -1.72. The Morgan fingerprint density at radius 3 is 2.30 bits per heavy atom. The zero-order valence-corrected chi connectivity index (χ0v) is 33.0. The number of hydrogen-bond acceptors (Lipinski definition) is 19. The predicted molar refractivity (Wildman–Crippen MR) is 203 cm³/mol. The Morgan fingerprint density at radius 1 is 0.950 bits per heavy atom. The minimum absolute atomic E-state index is 0.00162. The van der Waals surface area contributed by atoms with E-state index in [0.717, 1.165) is 17.1 Å². The Morgan fingerprint density at radius 2 is 1.62 bits per heavy atom. The summed E-state index contributed by atoms with van der Waals surface area (Å²) in [6.45, 7) is 1.62.